The maximum atomic E-state index is 11.6. The van der Waals surface area contributed by atoms with Gasteiger partial charge in [-0.3, -0.25) is 4.79 Å². The van der Waals surface area contributed by atoms with Gasteiger partial charge in [-0.2, -0.15) is 0 Å². The van der Waals surface area contributed by atoms with E-state index in [0.29, 0.717) is 16.6 Å². The van der Waals surface area contributed by atoms with Crippen LogP contribution < -0.4 is 10.6 Å². The summed E-state index contributed by atoms with van der Waals surface area (Å²) in [7, 11) is 3.54. The average Bonchev–Trinajstić information content (AvgIpc) is 2.54. The largest absolute Gasteiger partial charge is 0.348 e. The summed E-state index contributed by atoms with van der Waals surface area (Å²) in [6.45, 7) is 3.14. The summed E-state index contributed by atoms with van der Waals surface area (Å²) in [4.78, 5) is 13.2. The van der Waals surface area contributed by atoms with Gasteiger partial charge in [0.1, 0.15) is 0 Å². The van der Waals surface area contributed by atoms with E-state index in [2.05, 4.69) is 16.7 Å². The van der Waals surface area contributed by atoms with Gasteiger partial charge in [-0.25, -0.2) is 0 Å². The molecule has 2 N–H and O–H groups in total. The third kappa shape index (κ3) is 4.83. The maximum absolute atomic E-state index is 11.6. The Hall–Kier alpha value is -0.810. The number of nitrogens with zero attached hydrogens (tertiary/aromatic N) is 1. The Balaban J connectivity index is 2.04. The molecule has 0 radical (unpaired) electrons. The number of halogens is 2. The molecule has 0 unspecified atom stereocenters. The minimum atomic E-state index is 0.0423. The van der Waals surface area contributed by atoms with E-state index >= 15 is 0 Å². The van der Waals surface area contributed by atoms with Crippen molar-refractivity contribution in [3.05, 3.63) is 33.8 Å². The Morgan fingerprint density at radius 1 is 1.35 bits per heavy atom. The molecule has 0 aliphatic carbocycles. The predicted octanol–water partition coefficient (Wildman–Crippen LogP) is 2.68. The number of benzene rings is 1. The van der Waals surface area contributed by atoms with Crippen molar-refractivity contribution in [3.8, 4) is 0 Å². The van der Waals surface area contributed by atoms with Crippen molar-refractivity contribution in [2.24, 2.45) is 0 Å². The standard InChI is InChI=1S/C17H25Cl2N3O/c1-22(2)16(23)11-20-9-7-17(6-3-8-21-12-17)13-4-5-14(18)15(19)10-13/h4-5,10,20-21H,3,6-9,11-12H2,1-2H3/t17-/m1/s1. The topological polar surface area (TPSA) is 44.4 Å². The highest BCUT2D eigenvalue weighted by molar-refractivity contribution is 6.42. The van der Waals surface area contributed by atoms with Gasteiger partial charge in [0.05, 0.1) is 16.6 Å². The van der Waals surface area contributed by atoms with Gasteiger partial charge in [0.2, 0.25) is 5.91 Å². The summed E-state index contributed by atoms with van der Waals surface area (Å²) >= 11 is 12.3. The fourth-order valence-electron chi connectivity index (χ4n) is 3.08. The molecule has 1 heterocycles. The van der Waals surface area contributed by atoms with Crippen LogP contribution in [-0.2, 0) is 10.2 Å². The number of amides is 1. The van der Waals surface area contributed by atoms with Crippen molar-refractivity contribution in [2.45, 2.75) is 24.7 Å². The van der Waals surface area contributed by atoms with Crippen LogP contribution in [0, 0.1) is 0 Å². The zero-order valence-electron chi connectivity index (χ0n) is 13.8. The molecule has 6 heteroatoms. The monoisotopic (exact) mass is 357 g/mol. The van der Waals surface area contributed by atoms with E-state index in [1.165, 1.54) is 5.56 Å². The van der Waals surface area contributed by atoms with Gasteiger partial charge in [0.15, 0.2) is 0 Å². The zero-order valence-corrected chi connectivity index (χ0v) is 15.3. The van der Waals surface area contributed by atoms with Crippen LogP contribution in [0.3, 0.4) is 0 Å². The molecule has 128 valence electrons. The van der Waals surface area contributed by atoms with Gasteiger partial charge in [0, 0.05) is 26.1 Å². The summed E-state index contributed by atoms with van der Waals surface area (Å²) in [6, 6.07) is 5.94. The van der Waals surface area contributed by atoms with Crippen molar-refractivity contribution in [3.63, 3.8) is 0 Å². The molecule has 1 aliphatic rings. The second-order valence-corrected chi connectivity index (χ2v) is 7.22. The van der Waals surface area contributed by atoms with Crippen molar-refractivity contribution in [1.29, 1.82) is 0 Å². The molecule has 1 saturated heterocycles. The number of hydrogen-bond donors (Lipinski definition) is 2. The predicted molar refractivity (Wildman–Crippen MR) is 96.4 cm³/mol. The average molecular weight is 358 g/mol. The molecule has 0 aromatic heterocycles. The first-order chi connectivity index (χ1) is 10.9. The highest BCUT2D eigenvalue weighted by Crippen LogP contribution is 2.37. The fraction of sp³-hybridized carbons (Fsp3) is 0.588. The fourth-order valence-corrected chi connectivity index (χ4v) is 3.38. The molecule has 1 aromatic carbocycles. The maximum Gasteiger partial charge on any atom is 0.236 e. The van der Waals surface area contributed by atoms with Crippen LogP contribution in [0.15, 0.2) is 18.2 Å². The van der Waals surface area contributed by atoms with Gasteiger partial charge in [-0.05, 0) is 50.0 Å². The molecular formula is C17H25Cl2N3O. The van der Waals surface area contributed by atoms with Gasteiger partial charge in [-0.15, -0.1) is 0 Å². The second-order valence-electron chi connectivity index (χ2n) is 6.40. The lowest BCUT2D eigenvalue weighted by molar-refractivity contribution is -0.127. The first-order valence-corrected chi connectivity index (χ1v) is 8.77. The van der Waals surface area contributed by atoms with Crippen LogP contribution >= 0.6 is 23.2 Å². The smallest absolute Gasteiger partial charge is 0.236 e. The Morgan fingerprint density at radius 3 is 2.74 bits per heavy atom. The van der Waals surface area contributed by atoms with E-state index in [4.69, 9.17) is 23.2 Å². The number of piperidine rings is 1. The Bertz CT molecular complexity index is 543. The number of hydrogen-bond acceptors (Lipinski definition) is 3. The first kappa shape index (κ1) is 18.5. The lowest BCUT2D eigenvalue weighted by Crippen LogP contribution is -2.45. The minimum Gasteiger partial charge on any atom is -0.348 e. The number of rotatable bonds is 6. The van der Waals surface area contributed by atoms with Crippen LogP contribution in [0.1, 0.15) is 24.8 Å². The van der Waals surface area contributed by atoms with Gasteiger partial charge in [-0.1, -0.05) is 29.3 Å². The minimum absolute atomic E-state index is 0.0423. The van der Waals surface area contributed by atoms with E-state index in [1.54, 1.807) is 19.0 Å². The van der Waals surface area contributed by atoms with Gasteiger partial charge < -0.3 is 15.5 Å². The van der Waals surface area contributed by atoms with Crippen molar-refractivity contribution in [1.82, 2.24) is 15.5 Å². The summed E-state index contributed by atoms with van der Waals surface area (Å²) in [5.74, 6) is 0.0929. The molecule has 1 fully saturated rings. The summed E-state index contributed by atoms with van der Waals surface area (Å²) in [5.41, 5.74) is 1.26. The molecule has 1 aromatic rings. The summed E-state index contributed by atoms with van der Waals surface area (Å²) < 4.78 is 0. The van der Waals surface area contributed by atoms with Crippen LogP contribution in [-0.4, -0.2) is 51.1 Å². The quantitative estimate of drug-likeness (QED) is 0.769. The molecule has 1 aliphatic heterocycles. The summed E-state index contributed by atoms with van der Waals surface area (Å²) in [6.07, 6.45) is 3.21. The molecule has 0 spiro atoms. The van der Waals surface area contributed by atoms with Gasteiger partial charge in [0.25, 0.3) is 0 Å². The second kappa shape index (κ2) is 8.34. The molecule has 23 heavy (non-hydrogen) atoms. The highest BCUT2D eigenvalue weighted by Gasteiger charge is 2.33. The van der Waals surface area contributed by atoms with Crippen LogP contribution in [0.5, 0.6) is 0 Å². The Labute approximate surface area is 148 Å². The third-order valence-corrected chi connectivity index (χ3v) is 5.30. The van der Waals surface area contributed by atoms with Gasteiger partial charge >= 0.3 is 0 Å². The lowest BCUT2D eigenvalue weighted by atomic mass is 9.72. The van der Waals surface area contributed by atoms with Crippen molar-refractivity contribution in [2.75, 3.05) is 40.3 Å². The molecule has 1 amide bonds. The van der Waals surface area contributed by atoms with Crippen LogP contribution in [0.25, 0.3) is 0 Å². The lowest BCUT2D eigenvalue weighted by Gasteiger charge is -2.38. The van der Waals surface area contributed by atoms with E-state index in [1.807, 2.05) is 12.1 Å². The first-order valence-electron chi connectivity index (χ1n) is 8.02. The normalized spacial score (nSPS) is 21.2. The van der Waals surface area contributed by atoms with Crippen molar-refractivity contribution < 1.29 is 4.79 Å². The Kier molecular flexibility index (Phi) is 6.72. The van der Waals surface area contributed by atoms with Crippen LogP contribution in [0.2, 0.25) is 10.0 Å². The van der Waals surface area contributed by atoms with E-state index < -0.39 is 0 Å². The number of carbonyl (C=O) groups excluding carboxylic acids is 1. The van der Waals surface area contributed by atoms with Crippen LogP contribution in [0.4, 0.5) is 0 Å². The van der Waals surface area contributed by atoms with E-state index in [-0.39, 0.29) is 11.3 Å². The number of nitrogens with one attached hydrogen (secondary N) is 2. The zero-order chi connectivity index (χ0) is 16.9. The molecule has 2 rings (SSSR count). The molecule has 4 nitrogen and oxygen atoms in total. The molecular weight excluding hydrogens is 333 g/mol. The SMILES string of the molecule is CN(C)C(=O)CNCC[C@]1(c2ccc(Cl)c(Cl)c2)CCCNC1. The van der Waals surface area contributed by atoms with E-state index in [0.717, 1.165) is 38.9 Å². The van der Waals surface area contributed by atoms with Crippen molar-refractivity contribution >= 4 is 29.1 Å². The van der Waals surface area contributed by atoms with E-state index in [9.17, 15) is 4.79 Å². The molecule has 1 atom stereocenters. The highest BCUT2D eigenvalue weighted by atomic mass is 35.5. The Morgan fingerprint density at radius 2 is 2.13 bits per heavy atom. The number of likely N-dealkylation sites (N-methyl/N-ethyl adjacent to an activating group) is 1. The third-order valence-electron chi connectivity index (χ3n) is 4.56. The molecule has 0 bridgehead atoms. The number of carbonyl (C=O) groups is 1. The summed E-state index contributed by atoms with van der Waals surface area (Å²) in [5, 5.41) is 7.94. The molecule has 0 saturated carbocycles.